The SMILES string of the molecule is CCCNC(=O)[C@H](CC)N(Cc1ccc(Cl)c(Cl)c1)C(=O)CN(c1ccc(C)c(C)c1)S(C)(=O)=O. The summed E-state index contributed by atoms with van der Waals surface area (Å²) in [5, 5.41) is 3.54. The number of carbonyl (C=O) groups excluding carboxylic acids is 2. The molecule has 0 heterocycles. The third-order valence-corrected chi connectivity index (χ3v) is 7.61. The van der Waals surface area contributed by atoms with Crippen LogP contribution in [-0.4, -0.2) is 50.5 Å². The van der Waals surface area contributed by atoms with Crippen LogP contribution in [0.5, 0.6) is 0 Å². The maximum absolute atomic E-state index is 13.6. The molecule has 2 aromatic carbocycles. The average molecular weight is 543 g/mol. The average Bonchev–Trinajstić information content (AvgIpc) is 2.79. The van der Waals surface area contributed by atoms with Crippen LogP contribution in [0.25, 0.3) is 0 Å². The number of nitrogens with zero attached hydrogens (tertiary/aromatic N) is 2. The summed E-state index contributed by atoms with van der Waals surface area (Å²) in [5.74, 6) is -0.793. The lowest BCUT2D eigenvalue weighted by molar-refractivity contribution is -0.140. The molecule has 0 aliphatic carbocycles. The zero-order chi connectivity index (χ0) is 26.3. The summed E-state index contributed by atoms with van der Waals surface area (Å²) in [7, 11) is -3.78. The Hall–Kier alpha value is -2.29. The number of carbonyl (C=O) groups is 2. The second-order valence-electron chi connectivity index (χ2n) is 8.52. The first-order chi connectivity index (χ1) is 16.4. The van der Waals surface area contributed by atoms with Crippen molar-refractivity contribution in [3.8, 4) is 0 Å². The molecule has 1 atom stereocenters. The molecule has 0 spiro atoms. The van der Waals surface area contributed by atoms with Gasteiger partial charge in [-0.3, -0.25) is 13.9 Å². The highest BCUT2D eigenvalue weighted by molar-refractivity contribution is 7.92. The van der Waals surface area contributed by atoms with E-state index in [4.69, 9.17) is 23.2 Å². The highest BCUT2D eigenvalue weighted by Crippen LogP contribution is 2.25. The lowest BCUT2D eigenvalue weighted by atomic mass is 10.1. The minimum Gasteiger partial charge on any atom is -0.354 e. The molecule has 35 heavy (non-hydrogen) atoms. The Balaban J connectivity index is 2.46. The fraction of sp³-hybridized carbons (Fsp3) is 0.440. The van der Waals surface area contributed by atoms with E-state index in [9.17, 15) is 18.0 Å². The van der Waals surface area contributed by atoms with Gasteiger partial charge in [-0.25, -0.2) is 8.42 Å². The quantitative estimate of drug-likeness (QED) is 0.446. The Morgan fingerprint density at radius 3 is 2.23 bits per heavy atom. The Morgan fingerprint density at radius 2 is 1.69 bits per heavy atom. The van der Waals surface area contributed by atoms with Gasteiger partial charge in [-0.2, -0.15) is 0 Å². The third kappa shape index (κ3) is 7.85. The first-order valence-electron chi connectivity index (χ1n) is 11.4. The van der Waals surface area contributed by atoms with Gasteiger partial charge >= 0.3 is 0 Å². The number of amides is 2. The van der Waals surface area contributed by atoms with E-state index < -0.39 is 28.5 Å². The van der Waals surface area contributed by atoms with Gasteiger partial charge in [0.25, 0.3) is 0 Å². The van der Waals surface area contributed by atoms with Crippen LogP contribution in [0.2, 0.25) is 10.0 Å². The van der Waals surface area contributed by atoms with E-state index in [1.165, 1.54) is 4.90 Å². The molecule has 192 valence electrons. The summed E-state index contributed by atoms with van der Waals surface area (Å²) in [6.45, 7) is 7.65. The molecular weight excluding hydrogens is 509 g/mol. The van der Waals surface area contributed by atoms with Gasteiger partial charge in [0.15, 0.2) is 0 Å². The van der Waals surface area contributed by atoms with E-state index in [1.807, 2.05) is 33.8 Å². The van der Waals surface area contributed by atoms with Gasteiger partial charge in [0, 0.05) is 13.1 Å². The van der Waals surface area contributed by atoms with Crippen molar-refractivity contribution in [2.75, 3.05) is 23.7 Å². The molecule has 10 heteroatoms. The van der Waals surface area contributed by atoms with Gasteiger partial charge in [0.05, 0.1) is 22.0 Å². The van der Waals surface area contributed by atoms with Crippen molar-refractivity contribution in [1.29, 1.82) is 0 Å². The number of hydrogen-bond acceptors (Lipinski definition) is 4. The maximum Gasteiger partial charge on any atom is 0.244 e. The first-order valence-corrected chi connectivity index (χ1v) is 14.1. The van der Waals surface area contributed by atoms with E-state index in [2.05, 4.69) is 5.32 Å². The van der Waals surface area contributed by atoms with E-state index in [-0.39, 0.29) is 12.5 Å². The monoisotopic (exact) mass is 541 g/mol. The Bertz CT molecular complexity index is 1170. The molecule has 7 nitrogen and oxygen atoms in total. The summed E-state index contributed by atoms with van der Waals surface area (Å²) < 4.78 is 26.4. The number of halogens is 2. The molecule has 0 aromatic heterocycles. The molecule has 2 aromatic rings. The smallest absolute Gasteiger partial charge is 0.244 e. The van der Waals surface area contributed by atoms with Gasteiger partial charge < -0.3 is 10.2 Å². The molecule has 0 aliphatic rings. The Kier molecular flexibility index (Phi) is 10.4. The Labute approximate surface area is 218 Å². The summed E-state index contributed by atoms with van der Waals surface area (Å²) in [5.41, 5.74) is 2.98. The second kappa shape index (κ2) is 12.6. The number of aryl methyl sites for hydroxylation is 2. The number of hydrogen-bond donors (Lipinski definition) is 1. The van der Waals surface area contributed by atoms with Crippen LogP contribution in [-0.2, 0) is 26.2 Å². The van der Waals surface area contributed by atoms with Gasteiger partial charge in [-0.1, -0.05) is 49.2 Å². The van der Waals surface area contributed by atoms with Gasteiger partial charge in [0.1, 0.15) is 12.6 Å². The predicted molar refractivity (Wildman–Crippen MR) is 142 cm³/mol. The van der Waals surface area contributed by atoms with Crippen LogP contribution in [0, 0.1) is 13.8 Å². The minimum absolute atomic E-state index is 0.0678. The van der Waals surface area contributed by atoms with Gasteiger partial charge in [-0.05, 0) is 67.6 Å². The zero-order valence-electron chi connectivity index (χ0n) is 20.8. The molecule has 0 unspecified atom stereocenters. The van der Waals surface area contributed by atoms with Crippen LogP contribution >= 0.6 is 23.2 Å². The molecule has 0 saturated heterocycles. The highest BCUT2D eigenvalue weighted by Gasteiger charge is 2.31. The molecule has 0 saturated carbocycles. The maximum atomic E-state index is 13.6. The summed E-state index contributed by atoms with van der Waals surface area (Å²) in [4.78, 5) is 28.0. The number of rotatable bonds is 11. The van der Waals surface area contributed by atoms with E-state index in [1.54, 1.807) is 30.3 Å². The zero-order valence-corrected chi connectivity index (χ0v) is 23.1. The van der Waals surface area contributed by atoms with Gasteiger partial charge in [-0.15, -0.1) is 0 Å². The van der Waals surface area contributed by atoms with Crippen LogP contribution in [0.4, 0.5) is 5.69 Å². The molecule has 0 fully saturated rings. The van der Waals surface area contributed by atoms with E-state index in [0.29, 0.717) is 34.3 Å². The first kappa shape index (κ1) is 28.9. The highest BCUT2D eigenvalue weighted by atomic mass is 35.5. The minimum atomic E-state index is -3.78. The molecule has 2 amide bonds. The van der Waals surface area contributed by atoms with Crippen molar-refractivity contribution in [1.82, 2.24) is 10.2 Å². The third-order valence-electron chi connectivity index (χ3n) is 5.73. The van der Waals surface area contributed by atoms with E-state index in [0.717, 1.165) is 28.1 Å². The van der Waals surface area contributed by atoms with Gasteiger partial charge in [0.2, 0.25) is 21.8 Å². The molecule has 0 aliphatic heterocycles. The molecule has 2 rings (SSSR count). The van der Waals surface area contributed by atoms with Crippen molar-refractivity contribution < 1.29 is 18.0 Å². The van der Waals surface area contributed by atoms with Crippen LogP contribution in [0.15, 0.2) is 36.4 Å². The second-order valence-corrected chi connectivity index (χ2v) is 11.2. The van der Waals surface area contributed by atoms with Crippen molar-refractivity contribution in [2.24, 2.45) is 0 Å². The van der Waals surface area contributed by atoms with Crippen LogP contribution < -0.4 is 9.62 Å². The Morgan fingerprint density at radius 1 is 1.00 bits per heavy atom. The molecule has 0 bridgehead atoms. The van der Waals surface area contributed by atoms with Crippen LogP contribution in [0.1, 0.15) is 43.4 Å². The van der Waals surface area contributed by atoms with Crippen molar-refractivity contribution in [2.45, 2.75) is 53.1 Å². The topological polar surface area (TPSA) is 86.8 Å². The lowest BCUT2D eigenvalue weighted by Crippen LogP contribution is -2.52. The van der Waals surface area contributed by atoms with Crippen LogP contribution in [0.3, 0.4) is 0 Å². The number of nitrogens with one attached hydrogen (secondary N) is 1. The molecule has 1 N–H and O–H groups in total. The number of benzene rings is 2. The standard InChI is InChI=1S/C25H33Cl2N3O4S/c1-6-12-28-25(32)23(7-2)29(15-19-9-11-21(26)22(27)14-19)24(31)16-30(35(5,33)34)20-10-8-17(3)18(4)13-20/h8-11,13-14,23H,6-7,12,15-16H2,1-5H3,(H,28,32)/t23-/m0/s1. The summed E-state index contributed by atoms with van der Waals surface area (Å²) >= 11 is 12.2. The number of sulfonamides is 1. The largest absolute Gasteiger partial charge is 0.354 e. The molecular formula is C25H33Cl2N3O4S. The number of anilines is 1. The summed E-state index contributed by atoms with van der Waals surface area (Å²) in [6, 6.07) is 9.42. The normalized spacial score (nSPS) is 12.2. The fourth-order valence-electron chi connectivity index (χ4n) is 3.61. The van der Waals surface area contributed by atoms with E-state index >= 15 is 0 Å². The molecule has 0 radical (unpaired) electrons. The van der Waals surface area contributed by atoms with Crippen molar-refractivity contribution >= 4 is 50.7 Å². The predicted octanol–water partition coefficient (Wildman–Crippen LogP) is 4.71. The van der Waals surface area contributed by atoms with Crippen molar-refractivity contribution in [3.63, 3.8) is 0 Å². The fourth-order valence-corrected chi connectivity index (χ4v) is 4.78. The lowest BCUT2D eigenvalue weighted by Gasteiger charge is -2.33. The summed E-state index contributed by atoms with van der Waals surface area (Å²) in [6.07, 6.45) is 2.16. The van der Waals surface area contributed by atoms with Crippen molar-refractivity contribution in [3.05, 3.63) is 63.1 Å².